The molecule has 2 rings (SSSR count). The summed E-state index contributed by atoms with van der Waals surface area (Å²) in [4.78, 5) is 0. The third kappa shape index (κ3) is 3.27. The molecule has 0 aromatic heterocycles. The van der Waals surface area contributed by atoms with Gasteiger partial charge >= 0.3 is 0 Å². The van der Waals surface area contributed by atoms with Crippen LogP contribution in [0.5, 0.6) is 0 Å². The molecule has 1 atom stereocenters. The predicted molar refractivity (Wildman–Crippen MR) is 87.3 cm³/mol. The number of benzene rings is 2. The lowest BCUT2D eigenvalue weighted by Crippen LogP contribution is -2.08. The van der Waals surface area contributed by atoms with Gasteiger partial charge in [0.05, 0.1) is 0 Å². The van der Waals surface area contributed by atoms with E-state index in [0.29, 0.717) is 5.92 Å². The van der Waals surface area contributed by atoms with E-state index in [9.17, 15) is 0 Å². The molecule has 100 valence electrons. The van der Waals surface area contributed by atoms with Gasteiger partial charge in [0, 0.05) is 5.33 Å². The topological polar surface area (TPSA) is 0 Å². The van der Waals surface area contributed by atoms with Crippen molar-refractivity contribution >= 4 is 15.9 Å². The lowest BCUT2D eigenvalue weighted by atomic mass is 9.87. The maximum Gasteiger partial charge on any atom is 0.0103 e. The first kappa shape index (κ1) is 14.3. The van der Waals surface area contributed by atoms with Crippen LogP contribution in [-0.4, -0.2) is 5.33 Å². The molecule has 0 radical (unpaired) electrons. The molecule has 0 saturated heterocycles. The summed E-state index contributed by atoms with van der Waals surface area (Å²) in [5.41, 5.74) is 7.15. The molecule has 0 amide bonds. The fourth-order valence-electron chi connectivity index (χ4n) is 2.71. The average Bonchev–Trinajstić information content (AvgIpc) is 2.40. The van der Waals surface area contributed by atoms with Gasteiger partial charge in [-0.3, -0.25) is 0 Å². The predicted octanol–water partition coefficient (Wildman–Crippen LogP) is 5.33. The van der Waals surface area contributed by atoms with E-state index in [1.54, 1.807) is 0 Å². The minimum atomic E-state index is 0.543. The van der Waals surface area contributed by atoms with Crippen LogP contribution in [0.3, 0.4) is 0 Å². The van der Waals surface area contributed by atoms with Crippen molar-refractivity contribution in [1.82, 2.24) is 0 Å². The van der Waals surface area contributed by atoms with Crippen LogP contribution < -0.4 is 0 Å². The van der Waals surface area contributed by atoms with Crippen molar-refractivity contribution in [2.24, 2.45) is 0 Å². The number of hydrogen-bond donors (Lipinski definition) is 0. The molecular formula is C18H21Br. The normalized spacial score (nSPS) is 12.4. The van der Waals surface area contributed by atoms with Crippen molar-refractivity contribution in [3.8, 4) is 0 Å². The number of rotatable bonds is 4. The highest BCUT2D eigenvalue weighted by Gasteiger charge is 2.15. The second-order valence-corrected chi connectivity index (χ2v) is 5.93. The monoisotopic (exact) mass is 316 g/mol. The highest BCUT2D eigenvalue weighted by molar-refractivity contribution is 9.09. The minimum Gasteiger partial charge on any atom is -0.0921 e. The van der Waals surface area contributed by atoms with Gasteiger partial charge in [-0.05, 0) is 60.9 Å². The summed E-state index contributed by atoms with van der Waals surface area (Å²) in [6.45, 7) is 6.63. The Bertz CT molecular complexity index is 537. The zero-order valence-electron chi connectivity index (χ0n) is 11.9. The van der Waals surface area contributed by atoms with E-state index in [1.807, 2.05) is 0 Å². The van der Waals surface area contributed by atoms with Gasteiger partial charge in [-0.15, -0.1) is 0 Å². The van der Waals surface area contributed by atoms with Crippen LogP contribution in [0.15, 0.2) is 42.5 Å². The Kier molecular flexibility index (Phi) is 4.81. The van der Waals surface area contributed by atoms with Crippen LogP contribution in [0.2, 0.25) is 0 Å². The van der Waals surface area contributed by atoms with Gasteiger partial charge in [0.15, 0.2) is 0 Å². The standard InChI is InChI=1S/C18H21Br/c1-13-7-4-5-10-17(13)16(12-19)11-18-14(2)8-6-9-15(18)3/h4-10,16H,11-12H2,1-3H3. The first-order chi connectivity index (χ1) is 9.13. The summed E-state index contributed by atoms with van der Waals surface area (Å²) in [6.07, 6.45) is 1.11. The Morgan fingerprint density at radius 2 is 1.42 bits per heavy atom. The minimum absolute atomic E-state index is 0.543. The van der Waals surface area contributed by atoms with E-state index in [2.05, 4.69) is 79.2 Å². The molecule has 0 fully saturated rings. The van der Waals surface area contributed by atoms with Gasteiger partial charge in [0.25, 0.3) is 0 Å². The quantitative estimate of drug-likeness (QED) is 0.668. The molecule has 0 bridgehead atoms. The van der Waals surface area contributed by atoms with Crippen molar-refractivity contribution in [2.45, 2.75) is 33.1 Å². The smallest absolute Gasteiger partial charge is 0.0103 e. The van der Waals surface area contributed by atoms with Crippen LogP contribution in [-0.2, 0) is 6.42 Å². The summed E-state index contributed by atoms with van der Waals surface area (Å²) in [7, 11) is 0. The van der Waals surface area contributed by atoms with Gasteiger partial charge in [-0.1, -0.05) is 58.4 Å². The first-order valence-corrected chi connectivity index (χ1v) is 7.92. The fourth-order valence-corrected chi connectivity index (χ4v) is 3.29. The Balaban J connectivity index is 2.32. The van der Waals surface area contributed by atoms with E-state index in [0.717, 1.165) is 11.8 Å². The molecule has 1 heteroatoms. The van der Waals surface area contributed by atoms with Crippen molar-refractivity contribution in [3.05, 3.63) is 70.3 Å². The molecule has 0 heterocycles. The lowest BCUT2D eigenvalue weighted by molar-refractivity contribution is 0.761. The van der Waals surface area contributed by atoms with Gasteiger partial charge in [0.2, 0.25) is 0 Å². The van der Waals surface area contributed by atoms with E-state index >= 15 is 0 Å². The maximum absolute atomic E-state index is 3.69. The van der Waals surface area contributed by atoms with E-state index < -0.39 is 0 Å². The van der Waals surface area contributed by atoms with Gasteiger partial charge in [-0.2, -0.15) is 0 Å². The Hall–Kier alpha value is -1.08. The number of hydrogen-bond acceptors (Lipinski definition) is 0. The van der Waals surface area contributed by atoms with Gasteiger partial charge in [0.1, 0.15) is 0 Å². The Labute approximate surface area is 125 Å². The summed E-state index contributed by atoms with van der Waals surface area (Å²) in [5, 5.41) is 1.01. The third-order valence-corrected chi connectivity index (χ3v) is 4.69. The fraction of sp³-hybridized carbons (Fsp3) is 0.333. The average molecular weight is 317 g/mol. The maximum atomic E-state index is 3.69. The molecule has 2 aromatic carbocycles. The van der Waals surface area contributed by atoms with E-state index in [4.69, 9.17) is 0 Å². The molecule has 0 saturated carbocycles. The summed E-state index contributed by atoms with van der Waals surface area (Å²) >= 11 is 3.69. The van der Waals surface area contributed by atoms with Crippen LogP contribution in [0.4, 0.5) is 0 Å². The SMILES string of the molecule is Cc1ccccc1C(CBr)Cc1c(C)cccc1C. The zero-order valence-corrected chi connectivity index (χ0v) is 13.5. The number of aryl methyl sites for hydroxylation is 3. The molecule has 2 aromatic rings. The van der Waals surface area contributed by atoms with Crippen LogP contribution in [0.1, 0.15) is 33.7 Å². The molecule has 0 aliphatic rings. The highest BCUT2D eigenvalue weighted by atomic mass is 79.9. The van der Waals surface area contributed by atoms with E-state index in [-0.39, 0.29) is 0 Å². The zero-order chi connectivity index (χ0) is 13.8. The Morgan fingerprint density at radius 1 is 0.842 bits per heavy atom. The summed E-state index contributed by atoms with van der Waals surface area (Å²) < 4.78 is 0. The second kappa shape index (κ2) is 6.38. The molecule has 0 nitrogen and oxygen atoms in total. The number of halogens is 1. The van der Waals surface area contributed by atoms with Crippen molar-refractivity contribution in [2.75, 3.05) is 5.33 Å². The molecule has 0 aliphatic heterocycles. The first-order valence-electron chi connectivity index (χ1n) is 6.80. The second-order valence-electron chi connectivity index (χ2n) is 5.28. The molecule has 0 spiro atoms. The molecule has 1 unspecified atom stereocenters. The summed E-state index contributed by atoms with van der Waals surface area (Å²) in [5.74, 6) is 0.543. The van der Waals surface area contributed by atoms with Gasteiger partial charge in [-0.25, -0.2) is 0 Å². The van der Waals surface area contributed by atoms with Crippen LogP contribution in [0, 0.1) is 20.8 Å². The van der Waals surface area contributed by atoms with Crippen molar-refractivity contribution in [1.29, 1.82) is 0 Å². The van der Waals surface area contributed by atoms with Crippen molar-refractivity contribution in [3.63, 3.8) is 0 Å². The van der Waals surface area contributed by atoms with Crippen molar-refractivity contribution < 1.29 is 0 Å². The molecular weight excluding hydrogens is 296 g/mol. The third-order valence-electron chi connectivity index (χ3n) is 3.91. The van der Waals surface area contributed by atoms with Crippen LogP contribution in [0.25, 0.3) is 0 Å². The molecule has 19 heavy (non-hydrogen) atoms. The Morgan fingerprint density at radius 3 is 2.00 bits per heavy atom. The molecule has 0 aliphatic carbocycles. The lowest BCUT2D eigenvalue weighted by Gasteiger charge is -2.19. The molecule has 0 N–H and O–H groups in total. The van der Waals surface area contributed by atoms with E-state index in [1.165, 1.54) is 27.8 Å². The highest BCUT2D eigenvalue weighted by Crippen LogP contribution is 2.28. The van der Waals surface area contributed by atoms with Crippen LogP contribution >= 0.6 is 15.9 Å². The van der Waals surface area contributed by atoms with Gasteiger partial charge < -0.3 is 0 Å². The summed E-state index contributed by atoms with van der Waals surface area (Å²) in [6, 6.07) is 15.3. The largest absolute Gasteiger partial charge is 0.0921 e. The number of alkyl halides is 1.